The molecule has 0 heterocycles. The first-order valence-corrected chi connectivity index (χ1v) is 7.99. The molecular weight excluding hydrogens is 286 g/mol. The lowest BCUT2D eigenvalue weighted by Crippen LogP contribution is -2.14. The van der Waals surface area contributed by atoms with Gasteiger partial charge < -0.3 is 5.32 Å². The predicted molar refractivity (Wildman–Crippen MR) is 93.9 cm³/mol. The lowest BCUT2D eigenvalue weighted by molar-refractivity contribution is -0.116. The summed E-state index contributed by atoms with van der Waals surface area (Å²) in [5.41, 5.74) is 4.69. The molecule has 0 fully saturated rings. The molecule has 0 bridgehead atoms. The van der Waals surface area contributed by atoms with Crippen molar-refractivity contribution in [3.8, 4) is 0 Å². The van der Waals surface area contributed by atoms with Crippen molar-refractivity contribution in [2.45, 2.75) is 40.0 Å². The largest absolute Gasteiger partial charge is 0.326 e. The van der Waals surface area contributed by atoms with Gasteiger partial charge in [-0.05, 0) is 49.6 Å². The number of carbonyl (C=O) groups excluding carboxylic acids is 2. The van der Waals surface area contributed by atoms with Gasteiger partial charge in [0.05, 0.1) is 0 Å². The Morgan fingerprint density at radius 3 is 2.52 bits per heavy atom. The molecule has 0 aliphatic heterocycles. The third-order valence-corrected chi connectivity index (χ3v) is 3.89. The minimum Gasteiger partial charge on any atom is -0.326 e. The summed E-state index contributed by atoms with van der Waals surface area (Å²) in [4.78, 5) is 24.3. The summed E-state index contributed by atoms with van der Waals surface area (Å²) in [5, 5.41) is 2.86. The summed E-state index contributed by atoms with van der Waals surface area (Å²) in [7, 11) is 0. The minimum absolute atomic E-state index is 0.0173. The maximum absolute atomic E-state index is 12.3. The van der Waals surface area contributed by atoms with E-state index in [1.807, 2.05) is 56.3 Å². The number of hydrogen-bond donors (Lipinski definition) is 1. The van der Waals surface area contributed by atoms with E-state index in [2.05, 4.69) is 12.2 Å². The van der Waals surface area contributed by atoms with Crippen molar-refractivity contribution >= 4 is 17.4 Å². The van der Waals surface area contributed by atoms with Gasteiger partial charge in [0.2, 0.25) is 5.91 Å². The summed E-state index contributed by atoms with van der Waals surface area (Å²) in [6, 6.07) is 13.6. The second-order valence-corrected chi connectivity index (χ2v) is 5.84. The van der Waals surface area contributed by atoms with Crippen LogP contribution >= 0.6 is 0 Å². The van der Waals surface area contributed by atoms with Crippen LogP contribution < -0.4 is 5.32 Å². The minimum atomic E-state index is -0.128. The van der Waals surface area contributed by atoms with Gasteiger partial charge in [-0.1, -0.05) is 36.8 Å². The van der Waals surface area contributed by atoms with E-state index in [0.29, 0.717) is 5.56 Å². The fourth-order valence-corrected chi connectivity index (χ4v) is 2.49. The number of nitrogens with one attached hydrogen (secondary N) is 1. The van der Waals surface area contributed by atoms with Gasteiger partial charge in [0.25, 0.3) is 0 Å². The highest BCUT2D eigenvalue weighted by Gasteiger charge is 2.12. The van der Waals surface area contributed by atoms with Crippen LogP contribution in [0.3, 0.4) is 0 Å². The molecule has 1 N–H and O–H groups in total. The highest BCUT2D eigenvalue weighted by atomic mass is 16.2. The number of amides is 1. The Bertz CT molecular complexity index is 719. The molecule has 0 spiro atoms. The van der Waals surface area contributed by atoms with Gasteiger partial charge in [-0.3, -0.25) is 9.59 Å². The van der Waals surface area contributed by atoms with Crippen molar-refractivity contribution in [1.82, 2.24) is 0 Å². The van der Waals surface area contributed by atoms with Gasteiger partial charge in [-0.2, -0.15) is 0 Å². The van der Waals surface area contributed by atoms with Gasteiger partial charge in [0.15, 0.2) is 5.78 Å². The van der Waals surface area contributed by atoms with E-state index in [-0.39, 0.29) is 24.5 Å². The third kappa shape index (κ3) is 4.78. The molecule has 1 amide bonds. The van der Waals surface area contributed by atoms with E-state index >= 15 is 0 Å². The number of rotatable bonds is 6. The molecule has 2 aromatic carbocycles. The van der Waals surface area contributed by atoms with E-state index in [4.69, 9.17) is 0 Å². The maximum atomic E-state index is 12.3. The number of anilines is 1. The number of Topliss-reactive ketones (excluding diaryl/α,β-unsaturated/α-hetero) is 1. The van der Waals surface area contributed by atoms with E-state index < -0.39 is 0 Å². The number of benzene rings is 2. The number of ketones is 1. The Labute approximate surface area is 137 Å². The number of carbonyl (C=O) groups is 2. The zero-order valence-corrected chi connectivity index (χ0v) is 14.0. The molecule has 0 aromatic heterocycles. The smallest absolute Gasteiger partial charge is 0.224 e. The average Bonchev–Trinajstić information content (AvgIpc) is 2.55. The van der Waals surface area contributed by atoms with Crippen LogP contribution in [0, 0.1) is 13.8 Å². The first-order chi connectivity index (χ1) is 11.0. The van der Waals surface area contributed by atoms with Crippen molar-refractivity contribution in [3.63, 3.8) is 0 Å². The van der Waals surface area contributed by atoms with Crippen LogP contribution in [0.4, 0.5) is 5.69 Å². The summed E-state index contributed by atoms with van der Waals surface area (Å²) in [5.74, 6) is -0.111. The second kappa shape index (κ2) is 7.73. The van der Waals surface area contributed by atoms with Crippen LogP contribution in [-0.4, -0.2) is 11.7 Å². The van der Waals surface area contributed by atoms with E-state index in [9.17, 15) is 9.59 Å². The molecule has 0 radical (unpaired) electrons. The zero-order valence-electron chi connectivity index (χ0n) is 14.0. The van der Waals surface area contributed by atoms with E-state index in [0.717, 1.165) is 23.2 Å². The lowest BCUT2D eigenvalue weighted by atomic mass is 9.99. The van der Waals surface area contributed by atoms with Gasteiger partial charge >= 0.3 is 0 Å². The van der Waals surface area contributed by atoms with Crippen LogP contribution in [0.5, 0.6) is 0 Å². The zero-order chi connectivity index (χ0) is 16.8. The molecule has 0 saturated carbocycles. The maximum Gasteiger partial charge on any atom is 0.224 e. The molecule has 2 aromatic rings. The fraction of sp³-hybridized carbons (Fsp3) is 0.300. The third-order valence-electron chi connectivity index (χ3n) is 3.89. The van der Waals surface area contributed by atoms with Gasteiger partial charge in [-0.25, -0.2) is 0 Å². The fourth-order valence-electron chi connectivity index (χ4n) is 2.49. The van der Waals surface area contributed by atoms with Crippen molar-refractivity contribution in [1.29, 1.82) is 0 Å². The van der Waals surface area contributed by atoms with Crippen LogP contribution in [0.2, 0.25) is 0 Å². The Morgan fingerprint density at radius 2 is 1.78 bits per heavy atom. The molecule has 3 heteroatoms. The van der Waals surface area contributed by atoms with Gasteiger partial charge in [-0.15, -0.1) is 0 Å². The van der Waals surface area contributed by atoms with Crippen LogP contribution in [-0.2, 0) is 11.2 Å². The first-order valence-electron chi connectivity index (χ1n) is 7.99. The highest BCUT2D eigenvalue weighted by Crippen LogP contribution is 2.15. The molecule has 0 saturated heterocycles. The van der Waals surface area contributed by atoms with Crippen molar-refractivity contribution < 1.29 is 9.59 Å². The lowest BCUT2D eigenvalue weighted by Gasteiger charge is -2.08. The van der Waals surface area contributed by atoms with Gasteiger partial charge in [0.1, 0.15) is 0 Å². The van der Waals surface area contributed by atoms with Gasteiger partial charge in [0, 0.05) is 24.1 Å². The average molecular weight is 309 g/mol. The first kappa shape index (κ1) is 16.9. The SMILES string of the molecule is CCc1cccc(NC(=O)CCC(=O)c2cc(C)ccc2C)c1. The monoisotopic (exact) mass is 309 g/mol. The number of hydrogen-bond acceptors (Lipinski definition) is 2. The summed E-state index contributed by atoms with van der Waals surface area (Å²) in [6.45, 7) is 5.95. The molecule has 23 heavy (non-hydrogen) atoms. The van der Waals surface area contributed by atoms with Crippen molar-refractivity contribution in [2.75, 3.05) is 5.32 Å². The highest BCUT2D eigenvalue weighted by molar-refractivity contribution is 6.01. The molecule has 0 atom stereocenters. The second-order valence-electron chi connectivity index (χ2n) is 5.84. The van der Waals surface area contributed by atoms with Crippen molar-refractivity contribution in [3.05, 3.63) is 64.7 Å². The molecule has 0 aliphatic carbocycles. The molecule has 2 rings (SSSR count). The molecular formula is C20H23NO2. The normalized spacial score (nSPS) is 10.4. The molecule has 0 unspecified atom stereocenters. The quantitative estimate of drug-likeness (QED) is 0.800. The standard InChI is InChI=1S/C20H23NO2/c1-4-16-6-5-7-17(13-16)21-20(23)11-10-19(22)18-12-14(2)8-9-15(18)3/h5-9,12-13H,4,10-11H2,1-3H3,(H,21,23). The Balaban J connectivity index is 1.93. The van der Waals surface area contributed by atoms with Crippen LogP contribution in [0.1, 0.15) is 46.8 Å². The molecule has 3 nitrogen and oxygen atoms in total. The Hall–Kier alpha value is -2.42. The molecule has 120 valence electrons. The van der Waals surface area contributed by atoms with E-state index in [1.54, 1.807) is 0 Å². The van der Waals surface area contributed by atoms with Crippen LogP contribution in [0.15, 0.2) is 42.5 Å². The summed E-state index contributed by atoms with van der Waals surface area (Å²) in [6.07, 6.45) is 1.35. The Kier molecular flexibility index (Phi) is 5.69. The predicted octanol–water partition coefficient (Wildman–Crippen LogP) is 4.47. The summed E-state index contributed by atoms with van der Waals surface area (Å²) >= 11 is 0. The van der Waals surface area contributed by atoms with Crippen LogP contribution in [0.25, 0.3) is 0 Å². The topological polar surface area (TPSA) is 46.2 Å². The number of aryl methyl sites for hydroxylation is 3. The summed E-state index contributed by atoms with van der Waals surface area (Å²) < 4.78 is 0. The van der Waals surface area contributed by atoms with Crippen molar-refractivity contribution in [2.24, 2.45) is 0 Å². The van der Waals surface area contributed by atoms with E-state index in [1.165, 1.54) is 5.56 Å². The Morgan fingerprint density at radius 1 is 1.00 bits per heavy atom. The molecule has 0 aliphatic rings.